The molecule has 0 saturated carbocycles. The van der Waals surface area contributed by atoms with E-state index in [1.54, 1.807) is 0 Å². The van der Waals surface area contributed by atoms with E-state index >= 15 is 0 Å². The van der Waals surface area contributed by atoms with Gasteiger partial charge in [0.15, 0.2) is 0 Å². The first-order valence-electron chi connectivity index (χ1n) is 6.26. The Balaban J connectivity index is 2.18. The van der Waals surface area contributed by atoms with Gasteiger partial charge in [-0.1, -0.05) is 0 Å². The molecule has 2 heterocycles. The summed E-state index contributed by atoms with van der Waals surface area (Å²) in [5, 5.41) is 4.35. The van der Waals surface area contributed by atoms with Crippen molar-refractivity contribution in [2.75, 3.05) is 7.11 Å². The fourth-order valence-corrected chi connectivity index (χ4v) is 2.71. The highest BCUT2D eigenvalue weighted by molar-refractivity contribution is 5.91. The average Bonchev–Trinajstić information content (AvgIpc) is 2.99. The summed E-state index contributed by atoms with van der Waals surface area (Å²) in [5.41, 5.74) is 10.5. The van der Waals surface area contributed by atoms with E-state index in [0.29, 0.717) is 0 Å². The molecular weight excluding hydrogens is 242 g/mol. The van der Waals surface area contributed by atoms with Crippen LogP contribution < -0.4 is 11.1 Å². The van der Waals surface area contributed by atoms with Crippen LogP contribution in [-0.2, 0) is 29.7 Å². The van der Waals surface area contributed by atoms with Crippen molar-refractivity contribution < 1.29 is 9.53 Å². The van der Waals surface area contributed by atoms with Gasteiger partial charge in [0, 0.05) is 42.8 Å². The van der Waals surface area contributed by atoms with Gasteiger partial charge >= 0.3 is 5.97 Å². The third kappa shape index (κ3) is 1.82. The van der Waals surface area contributed by atoms with Crippen LogP contribution in [0.25, 0.3) is 10.9 Å². The fourth-order valence-electron chi connectivity index (χ4n) is 2.71. The van der Waals surface area contributed by atoms with Crippen molar-refractivity contribution in [2.24, 2.45) is 12.8 Å². The molecule has 1 aliphatic rings. The molecule has 1 atom stereocenters. The van der Waals surface area contributed by atoms with E-state index < -0.39 is 12.0 Å². The zero-order chi connectivity index (χ0) is 13.6. The van der Waals surface area contributed by atoms with E-state index in [9.17, 15) is 4.79 Å². The molecule has 1 unspecified atom stereocenters. The van der Waals surface area contributed by atoms with E-state index in [1.165, 1.54) is 18.2 Å². The lowest BCUT2D eigenvalue weighted by Crippen LogP contribution is -2.22. The first-order chi connectivity index (χ1) is 9.11. The summed E-state index contributed by atoms with van der Waals surface area (Å²) in [4.78, 5) is 11.6. The van der Waals surface area contributed by atoms with E-state index in [4.69, 9.17) is 10.5 Å². The second kappa shape index (κ2) is 4.36. The molecule has 1 aliphatic heterocycles. The van der Waals surface area contributed by atoms with Crippen LogP contribution in [0.15, 0.2) is 18.3 Å². The summed E-state index contributed by atoms with van der Waals surface area (Å²) < 4.78 is 6.74. The van der Waals surface area contributed by atoms with Crippen molar-refractivity contribution in [2.45, 2.75) is 19.1 Å². The molecule has 3 N–H and O–H groups in total. The minimum atomic E-state index is -0.735. The lowest BCUT2D eigenvalue weighted by atomic mass is 10.0. The maximum Gasteiger partial charge on any atom is 0.327 e. The zero-order valence-electron chi connectivity index (χ0n) is 11.1. The number of hydrogen-bond acceptors (Lipinski definition) is 4. The molecule has 0 aliphatic carbocycles. The van der Waals surface area contributed by atoms with E-state index in [2.05, 4.69) is 17.4 Å². The highest BCUT2D eigenvalue weighted by Gasteiger charge is 2.22. The standard InChI is InChI=1S/C14H17N3O2/c1-17-7-11(13(15)14(18)19-2)10-3-8-5-16-6-9(8)4-12(10)17/h3-4,7,13,16H,5-6,15H2,1-2H3. The fraction of sp³-hybridized carbons (Fsp3) is 0.357. The maximum atomic E-state index is 11.6. The molecule has 19 heavy (non-hydrogen) atoms. The summed E-state index contributed by atoms with van der Waals surface area (Å²) in [7, 11) is 3.32. The quantitative estimate of drug-likeness (QED) is 0.788. The van der Waals surface area contributed by atoms with Gasteiger partial charge in [-0.3, -0.25) is 4.79 Å². The van der Waals surface area contributed by atoms with Crippen molar-refractivity contribution in [3.05, 3.63) is 35.0 Å². The number of fused-ring (bicyclic) bond motifs is 2. The zero-order valence-corrected chi connectivity index (χ0v) is 11.1. The number of methoxy groups -OCH3 is 1. The van der Waals surface area contributed by atoms with Crippen molar-refractivity contribution in [3.63, 3.8) is 0 Å². The molecule has 2 aromatic rings. The number of nitrogens with two attached hydrogens (primary N) is 1. The molecule has 0 fully saturated rings. The van der Waals surface area contributed by atoms with Crippen LogP contribution in [0.5, 0.6) is 0 Å². The third-order valence-electron chi connectivity index (χ3n) is 3.76. The van der Waals surface area contributed by atoms with Crippen LogP contribution in [0.3, 0.4) is 0 Å². The number of nitrogens with one attached hydrogen (secondary N) is 1. The second-order valence-corrected chi connectivity index (χ2v) is 4.94. The molecule has 0 radical (unpaired) electrons. The number of carbonyl (C=O) groups excluding carboxylic acids is 1. The summed E-state index contributed by atoms with van der Waals surface area (Å²) >= 11 is 0. The molecule has 1 aromatic heterocycles. The molecule has 0 spiro atoms. The number of hydrogen-bond donors (Lipinski definition) is 2. The lowest BCUT2D eigenvalue weighted by Gasteiger charge is -2.08. The summed E-state index contributed by atoms with van der Waals surface area (Å²) in [5.74, 6) is -0.411. The van der Waals surface area contributed by atoms with Gasteiger partial charge in [0.1, 0.15) is 6.04 Å². The largest absolute Gasteiger partial charge is 0.468 e. The topological polar surface area (TPSA) is 69.3 Å². The second-order valence-electron chi connectivity index (χ2n) is 4.94. The normalized spacial score (nSPS) is 15.5. The number of ether oxygens (including phenoxy) is 1. The molecule has 5 heteroatoms. The Kier molecular flexibility index (Phi) is 2.80. The van der Waals surface area contributed by atoms with Crippen molar-refractivity contribution in [1.82, 2.24) is 9.88 Å². The van der Waals surface area contributed by atoms with Crippen molar-refractivity contribution in [3.8, 4) is 0 Å². The average molecular weight is 259 g/mol. The number of aromatic nitrogens is 1. The van der Waals surface area contributed by atoms with Crippen LogP contribution in [-0.4, -0.2) is 17.6 Å². The summed E-state index contributed by atoms with van der Waals surface area (Å²) in [6.07, 6.45) is 1.91. The van der Waals surface area contributed by atoms with E-state index in [0.717, 1.165) is 29.6 Å². The van der Waals surface area contributed by atoms with Crippen LogP contribution in [0.1, 0.15) is 22.7 Å². The number of nitrogens with zero attached hydrogens (tertiary/aromatic N) is 1. The van der Waals surface area contributed by atoms with Crippen molar-refractivity contribution >= 4 is 16.9 Å². The lowest BCUT2D eigenvalue weighted by molar-refractivity contribution is -0.142. The Labute approximate surface area is 111 Å². The minimum absolute atomic E-state index is 0.411. The molecule has 1 aromatic carbocycles. The number of aryl methyl sites for hydroxylation is 1. The van der Waals surface area contributed by atoms with Gasteiger partial charge in [0.2, 0.25) is 0 Å². The Morgan fingerprint density at radius 2 is 2.11 bits per heavy atom. The molecule has 5 nitrogen and oxygen atoms in total. The first-order valence-corrected chi connectivity index (χ1v) is 6.26. The van der Waals surface area contributed by atoms with Gasteiger partial charge in [-0.25, -0.2) is 0 Å². The predicted octanol–water partition coefficient (Wildman–Crippen LogP) is 0.954. The number of benzene rings is 1. The Bertz CT molecular complexity index is 660. The first kappa shape index (κ1) is 12.2. The third-order valence-corrected chi connectivity index (χ3v) is 3.76. The highest BCUT2D eigenvalue weighted by atomic mass is 16.5. The number of esters is 1. The Hall–Kier alpha value is -1.85. The van der Waals surface area contributed by atoms with Crippen LogP contribution in [0, 0.1) is 0 Å². The minimum Gasteiger partial charge on any atom is -0.468 e. The van der Waals surface area contributed by atoms with Crippen molar-refractivity contribution in [1.29, 1.82) is 0 Å². The smallest absolute Gasteiger partial charge is 0.327 e. The molecule has 0 saturated heterocycles. The van der Waals surface area contributed by atoms with Crippen LogP contribution in [0.4, 0.5) is 0 Å². The van der Waals surface area contributed by atoms with Crippen LogP contribution in [0.2, 0.25) is 0 Å². The molecular formula is C14H17N3O2. The molecule has 0 amide bonds. The number of rotatable bonds is 2. The van der Waals surface area contributed by atoms with E-state index in [1.807, 2.05) is 17.8 Å². The van der Waals surface area contributed by atoms with Gasteiger partial charge < -0.3 is 20.4 Å². The Morgan fingerprint density at radius 1 is 1.42 bits per heavy atom. The van der Waals surface area contributed by atoms with Gasteiger partial charge in [-0.2, -0.15) is 0 Å². The molecule has 3 rings (SSSR count). The predicted molar refractivity (Wildman–Crippen MR) is 72.4 cm³/mol. The maximum absolute atomic E-state index is 11.6. The van der Waals surface area contributed by atoms with Gasteiger partial charge in [0.25, 0.3) is 0 Å². The molecule has 100 valence electrons. The summed E-state index contributed by atoms with van der Waals surface area (Å²) in [6.45, 7) is 1.77. The monoisotopic (exact) mass is 259 g/mol. The highest BCUT2D eigenvalue weighted by Crippen LogP contribution is 2.30. The van der Waals surface area contributed by atoms with Gasteiger partial charge in [0.05, 0.1) is 7.11 Å². The summed E-state index contributed by atoms with van der Waals surface area (Å²) in [6, 6.07) is 3.56. The SMILES string of the molecule is COC(=O)C(N)c1cn(C)c2cc3c(cc12)CNC3. The number of carbonyl (C=O) groups is 1. The van der Waals surface area contributed by atoms with E-state index in [-0.39, 0.29) is 0 Å². The Morgan fingerprint density at radius 3 is 2.79 bits per heavy atom. The van der Waals surface area contributed by atoms with Crippen LogP contribution >= 0.6 is 0 Å². The van der Waals surface area contributed by atoms with Gasteiger partial charge in [-0.15, -0.1) is 0 Å². The molecule has 0 bridgehead atoms. The van der Waals surface area contributed by atoms with Gasteiger partial charge in [-0.05, 0) is 23.3 Å².